The van der Waals surface area contributed by atoms with E-state index in [9.17, 15) is 0 Å². The van der Waals surface area contributed by atoms with E-state index >= 15 is 0 Å². The molecule has 0 saturated carbocycles. The van der Waals surface area contributed by atoms with Crippen LogP contribution in [-0.2, 0) is 28.8 Å². The van der Waals surface area contributed by atoms with Crippen molar-refractivity contribution < 1.29 is 28.8 Å². The molecule has 0 atom stereocenters. The van der Waals surface area contributed by atoms with E-state index in [4.69, 9.17) is 34.1 Å². The van der Waals surface area contributed by atoms with Crippen LogP contribution in [0.3, 0.4) is 0 Å². The van der Waals surface area contributed by atoms with Crippen molar-refractivity contribution in [2.75, 3.05) is 0 Å². The molecule has 16 heteroatoms. The summed E-state index contributed by atoms with van der Waals surface area (Å²) in [4.78, 5) is 0. The van der Waals surface area contributed by atoms with Crippen molar-refractivity contribution in [2.45, 2.75) is 18.9 Å². The molecule has 0 bridgehead atoms. The van der Waals surface area contributed by atoms with Gasteiger partial charge in [-0.3, -0.25) is 0 Å². The summed E-state index contributed by atoms with van der Waals surface area (Å²) in [5.74, 6) is 0. The van der Waals surface area contributed by atoms with Crippen molar-refractivity contribution >= 4 is 80.3 Å². The summed E-state index contributed by atoms with van der Waals surface area (Å²) < 4.78 is 37.2. The lowest BCUT2D eigenvalue weighted by Gasteiger charge is -2.07. The Kier molecular flexibility index (Phi) is 20.9. The number of nitriles is 1. The molecule has 0 aliphatic carbocycles. The highest BCUT2D eigenvalue weighted by Gasteiger charge is 1.95. The Morgan fingerprint density at radius 2 is 1.30 bits per heavy atom. The largest absolute Gasteiger partial charge is 0.449 e. The normalized spacial score (nSPS) is 14.9. The molecular formula is C4H23NO7Si8. The van der Waals surface area contributed by atoms with Crippen molar-refractivity contribution in [3.63, 3.8) is 0 Å². The quantitative estimate of drug-likeness (QED) is 0.179. The maximum Gasteiger partial charge on any atom is 0.286 e. The Balaban J connectivity index is 2.91. The molecule has 0 spiro atoms. The number of unbranched alkanes of at least 4 members (excludes halogenated alkanes) is 1. The molecule has 0 amide bonds. The lowest BCUT2D eigenvalue weighted by atomic mass is 10.4. The van der Waals surface area contributed by atoms with E-state index in [-0.39, 0.29) is 0 Å². The van der Waals surface area contributed by atoms with E-state index in [1.807, 2.05) is 0 Å². The van der Waals surface area contributed by atoms with Crippen LogP contribution >= 0.6 is 0 Å². The maximum atomic E-state index is 8.36. The molecule has 0 N–H and O–H groups in total. The van der Waals surface area contributed by atoms with E-state index in [0.717, 1.165) is 23.0 Å². The van der Waals surface area contributed by atoms with E-state index < -0.39 is 69.8 Å². The molecule has 8 nitrogen and oxygen atoms in total. The first-order chi connectivity index (χ1) is 9.91. The molecule has 0 rings (SSSR count). The Morgan fingerprint density at radius 1 is 0.800 bits per heavy atom. The van der Waals surface area contributed by atoms with Gasteiger partial charge in [0, 0.05) is 6.42 Å². The average molecular weight is 422 g/mol. The highest BCUT2D eigenvalue weighted by Crippen LogP contribution is 1.92. The molecule has 0 aromatic carbocycles. The topological polar surface area (TPSA) is 88.4 Å². The summed E-state index contributed by atoms with van der Waals surface area (Å²) in [7, 11) is -4.82. The molecule has 0 unspecified atom stereocenters. The smallest absolute Gasteiger partial charge is 0.286 e. The van der Waals surface area contributed by atoms with Crippen LogP contribution in [0.2, 0.25) is 6.04 Å². The summed E-state index contributed by atoms with van der Waals surface area (Å²) in [5, 5.41) is 8.36. The zero-order chi connectivity index (χ0) is 14.7. The lowest BCUT2D eigenvalue weighted by molar-refractivity contribution is 0.372. The molecule has 0 aromatic heterocycles. The number of hydrogen-bond donors (Lipinski definition) is 0. The van der Waals surface area contributed by atoms with Gasteiger partial charge in [0.1, 0.15) is 20.2 Å². The molecule has 0 radical (unpaired) electrons. The van der Waals surface area contributed by atoms with Crippen LogP contribution in [0, 0.1) is 11.3 Å². The Bertz CT molecular complexity index is 233. The second-order valence-electron chi connectivity index (χ2n) is 3.54. The highest BCUT2D eigenvalue weighted by atomic mass is 28.4. The molecule has 0 aromatic rings. The van der Waals surface area contributed by atoms with E-state index in [2.05, 4.69) is 6.07 Å². The van der Waals surface area contributed by atoms with Gasteiger partial charge < -0.3 is 28.8 Å². The van der Waals surface area contributed by atoms with Gasteiger partial charge in [0.05, 0.1) is 6.07 Å². The molecule has 118 valence electrons. The van der Waals surface area contributed by atoms with Crippen LogP contribution in [0.5, 0.6) is 0 Å². The fourth-order valence-electron chi connectivity index (χ4n) is 1.02. The van der Waals surface area contributed by atoms with Gasteiger partial charge in [-0.1, -0.05) is 0 Å². The van der Waals surface area contributed by atoms with Crippen LogP contribution in [-0.4, -0.2) is 80.3 Å². The van der Waals surface area contributed by atoms with Crippen molar-refractivity contribution in [2.24, 2.45) is 0 Å². The van der Waals surface area contributed by atoms with Crippen LogP contribution < -0.4 is 0 Å². The van der Waals surface area contributed by atoms with Gasteiger partial charge in [0.15, 0.2) is 0 Å². The van der Waals surface area contributed by atoms with Crippen molar-refractivity contribution in [1.29, 1.82) is 5.26 Å². The second kappa shape index (κ2) is 19.9. The van der Waals surface area contributed by atoms with Crippen molar-refractivity contribution in [3.05, 3.63) is 0 Å². The third kappa shape index (κ3) is 18.9. The first-order valence-corrected chi connectivity index (χ1v) is 15.6. The summed E-state index contributed by atoms with van der Waals surface area (Å²) >= 11 is 0. The summed E-state index contributed by atoms with van der Waals surface area (Å²) in [6, 6.07) is 3.19. The van der Waals surface area contributed by atoms with Crippen LogP contribution in [0.25, 0.3) is 0 Å². The fraction of sp³-hybridized carbons (Fsp3) is 0.750. The van der Waals surface area contributed by atoms with Gasteiger partial charge in [-0.25, -0.2) is 0 Å². The van der Waals surface area contributed by atoms with Gasteiger partial charge in [-0.2, -0.15) is 5.26 Å². The summed E-state index contributed by atoms with van der Waals surface area (Å²) in [6.07, 6.45) is 1.59. The summed E-state index contributed by atoms with van der Waals surface area (Å²) in [6.45, 7) is 0. The van der Waals surface area contributed by atoms with E-state index in [1.54, 1.807) is 0 Å². The third-order valence-corrected chi connectivity index (χ3v) is 12.1. The Morgan fingerprint density at radius 3 is 1.80 bits per heavy atom. The van der Waals surface area contributed by atoms with Gasteiger partial charge in [-0.05, 0) is 12.5 Å². The Hall–Kier alpha value is 0.945. The monoisotopic (exact) mass is 421 g/mol. The average Bonchev–Trinajstić information content (AvgIpc) is 2.47. The van der Waals surface area contributed by atoms with Crippen LogP contribution in [0.4, 0.5) is 0 Å². The molecule has 0 aliphatic rings. The minimum Gasteiger partial charge on any atom is -0.449 e. The SMILES string of the molecule is N#CCCC[SiH2]O[SiH2]O[SiH2]O[SiH2]O[SiH2]O[SiH2]O[SiH2]O[SiH3]. The number of hydrogen-bond acceptors (Lipinski definition) is 8. The molecule has 20 heavy (non-hydrogen) atoms. The third-order valence-electron chi connectivity index (χ3n) is 1.86. The maximum absolute atomic E-state index is 8.36. The van der Waals surface area contributed by atoms with Crippen LogP contribution in [0.15, 0.2) is 0 Å². The highest BCUT2D eigenvalue weighted by molar-refractivity contribution is 6.49. The van der Waals surface area contributed by atoms with Gasteiger partial charge in [0.2, 0.25) is 0 Å². The zero-order valence-electron chi connectivity index (χ0n) is 11.9. The first kappa shape index (κ1) is 20.9. The Labute approximate surface area is 139 Å². The number of nitrogens with zero attached hydrogens (tertiary/aromatic N) is 1. The molecule has 0 saturated heterocycles. The predicted octanol–water partition coefficient (Wildman–Crippen LogP) is -6.82. The van der Waals surface area contributed by atoms with Crippen molar-refractivity contribution in [3.8, 4) is 6.07 Å². The van der Waals surface area contributed by atoms with Crippen molar-refractivity contribution in [1.82, 2.24) is 0 Å². The molecule has 0 fully saturated rings. The molecule has 0 aliphatic heterocycles. The van der Waals surface area contributed by atoms with Crippen LogP contribution in [0.1, 0.15) is 12.8 Å². The fourth-order valence-corrected chi connectivity index (χ4v) is 13.9. The van der Waals surface area contributed by atoms with E-state index in [0.29, 0.717) is 6.42 Å². The lowest BCUT2D eigenvalue weighted by Crippen LogP contribution is -2.20. The second-order valence-corrected chi connectivity index (χ2v) is 18.2. The standard InChI is InChI=1S/C4H23NO7Si8/c5-3-1-2-4-14-7-16-9-18-11-20-12-19-10-17-8-15-6-13/h1-2,4,14-20H2,13H3. The zero-order valence-corrected chi connectivity index (χ0v) is 23.8. The minimum atomic E-state index is -0.910. The predicted molar refractivity (Wildman–Crippen MR) is 97.0 cm³/mol. The number of rotatable bonds is 16. The molecular weight excluding hydrogens is 399 g/mol. The molecule has 0 heterocycles. The minimum absolute atomic E-state index is 0.462. The first-order valence-electron chi connectivity index (χ1n) is 6.24. The van der Waals surface area contributed by atoms with E-state index in [1.165, 1.54) is 0 Å². The summed E-state index contributed by atoms with van der Waals surface area (Å²) in [5.41, 5.74) is 0. The van der Waals surface area contributed by atoms with Gasteiger partial charge in [-0.15, -0.1) is 0 Å². The van der Waals surface area contributed by atoms with Gasteiger partial charge >= 0.3 is 0 Å². The van der Waals surface area contributed by atoms with Gasteiger partial charge in [0.25, 0.3) is 60.0 Å².